The van der Waals surface area contributed by atoms with Gasteiger partial charge >= 0.3 is 0 Å². The van der Waals surface area contributed by atoms with Crippen LogP contribution >= 0.6 is 23.4 Å². The molecule has 0 saturated heterocycles. The fourth-order valence-corrected chi connectivity index (χ4v) is 2.45. The Morgan fingerprint density at radius 1 is 1.31 bits per heavy atom. The van der Waals surface area contributed by atoms with Gasteiger partial charge in [-0.3, -0.25) is 0 Å². The van der Waals surface area contributed by atoms with E-state index in [9.17, 15) is 0 Å². The Morgan fingerprint density at radius 2 is 2.08 bits per heavy atom. The zero-order valence-electron chi connectivity index (χ0n) is 8.14. The van der Waals surface area contributed by atoms with Gasteiger partial charge in [0.15, 0.2) is 0 Å². The van der Waals surface area contributed by atoms with Crippen LogP contribution < -0.4 is 0 Å². The molecule has 0 atom stereocenters. The number of benzene rings is 1. The van der Waals surface area contributed by atoms with Crippen molar-refractivity contribution in [2.75, 3.05) is 11.6 Å². The van der Waals surface area contributed by atoms with Gasteiger partial charge in [-0.05, 0) is 37.7 Å². The number of rotatable bonds is 4. The van der Waals surface area contributed by atoms with Crippen molar-refractivity contribution >= 4 is 23.4 Å². The maximum Gasteiger partial charge on any atom is 0.0231 e. The Kier molecular flexibility index (Phi) is 4.68. The zero-order chi connectivity index (χ0) is 9.68. The Balaban J connectivity index is 2.56. The molecule has 0 spiro atoms. The van der Waals surface area contributed by atoms with Gasteiger partial charge in [-0.25, -0.2) is 0 Å². The molecule has 1 aromatic carbocycles. The van der Waals surface area contributed by atoms with E-state index in [0.717, 1.165) is 18.1 Å². The second-order valence-corrected chi connectivity index (χ2v) is 4.67. The predicted molar refractivity (Wildman–Crippen MR) is 62.0 cm³/mol. The minimum absolute atomic E-state index is 0.762. The first kappa shape index (κ1) is 10.9. The smallest absolute Gasteiger partial charge is 0.0231 e. The van der Waals surface area contributed by atoms with Crippen LogP contribution in [0.2, 0.25) is 0 Å². The summed E-state index contributed by atoms with van der Waals surface area (Å²) in [6, 6.07) is 6.59. The van der Waals surface area contributed by atoms with Gasteiger partial charge in [0.1, 0.15) is 0 Å². The Labute approximate surface area is 89.7 Å². The molecule has 0 heterocycles. The number of hydrogen-bond acceptors (Lipinski definition) is 1. The molecule has 13 heavy (non-hydrogen) atoms. The third-order valence-corrected chi connectivity index (χ3v) is 3.40. The molecular weight excluding hydrogens is 200 g/mol. The minimum Gasteiger partial charge on any atom is -0.127 e. The molecule has 0 aliphatic rings. The SMILES string of the molecule is Cc1ccc(SCCCCl)c(C)c1. The minimum atomic E-state index is 0.762. The van der Waals surface area contributed by atoms with E-state index in [-0.39, 0.29) is 0 Å². The van der Waals surface area contributed by atoms with E-state index in [1.54, 1.807) is 0 Å². The summed E-state index contributed by atoms with van der Waals surface area (Å²) in [5, 5.41) is 0. The fraction of sp³-hybridized carbons (Fsp3) is 0.455. The zero-order valence-corrected chi connectivity index (χ0v) is 9.71. The lowest BCUT2D eigenvalue weighted by atomic mass is 10.2. The lowest BCUT2D eigenvalue weighted by molar-refractivity contribution is 1.11. The third kappa shape index (κ3) is 3.61. The molecule has 1 rings (SSSR count). The quantitative estimate of drug-likeness (QED) is 0.415. The van der Waals surface area contributed by atoms with Gasteiger partial charge in [0.05, 0.1) is 0 Å². The van der Waals surface area contributed by atoms with E-state index in [1.807, 2.05) is 11.8 Å². The normalized spacial score (nSPS) is 10.4. The van der Waals surface area contributed by atoms with Crippen LogP contribution in [-0.2, 0) is 0 Å². The highest BCUT2D eigenvalue weighted by molar-refractivity contribution is 7.99. The monoisotopic (exact) mass is 214 g/mol. The summed E-state index contributed by atoms with van der Waals surface area (Å²) in [7, 11) is 0. The first-order valence-electron chi connectivity index (χ1n) is 4.50. The van der Waals surface area contributed by atoms with Crippen LogP contribution in [-0.4, -0.2) is 11.6 Å². The molecule has 0 amide bonds. The van der Waals surface area contributed by atoms with Crippen LogP contribution in [0.15, 0.2) is 23.1 Å². The van der Waals surface area contributed by atoms with E-state index < -0.39 is 0 Å². The van der Waals surface area contributed by atoms with E-state index in [0.29, 0.717) is 0 Å². The summed E-state index contributed by atoms with van der Waals surface area (Å²) in [5.41, 5.74) is 2.71. The number of alkyl halides is 1. The van der Waals surface area contributed by atoms with Crippen LogP contribution in [0.1, 0.15) is 17.5 Å². The van der Waals surface area contributed by atoms with Crippen molar-refractivity contribution < 1.29 is 0 Å². The predicted octanol–water partition coefficient (Wildman–Crippen LogP) is 4.02. The molecule has 1 aromatic rings. The molecule has 0 N–H and O–H groups in total. The Bertz CT molecular complexity index is 271. The molecule has 0 radical (unpaired) electrons. The molecule has 0 aliphatic heterocycles. The van der Waals surface area contributed by atoms with Crippen molar-refractivity contribution in [1.29, 1.82) is 0 Å². The second kappa shape index (κ2) is 5.56. The maximum atomic E-state index is 5.62. The summed E-state index contributed by atoms with van der Waals surface area (Å²) >= 11 is 7.52. The van der Waals surface area contributed by atoms with Crippen molar-refractivity contribution in [3.63, 3.8) is 0 Å². The second-order valence-electron chi connectivity index (χ2n) is 3.16. The topological polar surface area (TPSA) is 0 Å². The van der Waals surface area contributed by atoms with Gasteiger partial charge in [-0.1, -0.05) is 17.7 Å². The van der Waals surface area contributed by atoms with Gasteiger partial charge < -0.3 is 0 Å². The number of thioether (sulfide) groups is 1. The van der Waals surface area contributed by atoms with Gasteiger partial charge in [0.25, 0.3) is 0 Å². The van der Waals surface area contributed by atoms with E-state index in [2.05, 4.69) is 32.0 Å². The number of halogens is 1. The lowest BCUT2D eigenvalue weighted by Gasteiger charge is -2.05. The molecule has 0 nitrogen and oxygen atoms in total. The van der Waals surface area contributed by atoms with Crippen LogP contribution in [0.4, 0.5) is 0 Å². The van der Waals surface area contributed by atoms with Crippen molar-refractivity contribution in [3.8, 4) is 0 Å². The van der Waals surface area contributed by atoms with Crippen molar-refractivity contribution in [2.45, 2.75) is 25.2 Å². The molecule has 0 aromatic heterocycles. The highest BCUT2D eigenvalue weighted by atomic mass is 35.5. The molecule has 0 bridgehead atoms. The van der Waals surface area contributed by atoms with E-state index >= 15 is 0 Å². The first-order valence-corrected chi connectivity index (χ1v) is 6.02. The highest BCUT2D eigenvalue weighted by Gasteiger charge is 1.98. The molecule has 0 unspecified atom stereocenters. The Morgan fingerprint density at radius 3 is 2.69 bits per heavy atom. The van der Waals surface area contributed by atoms with Gasteiger partial charge in [0, 0.05) is 10.8 Å². The van der Waals surface area contributed by atoms with Crippen LogP contribution in [0, 0.1) is 13.8 Å². The molecule has 0 aliphatic carbocycles. The van der Waals surface area contributed by atoms with Crippen molar-refractivity contribution in [3.05, 3.63) is 29.3 Å². The molecule has 2 heteroatoms. The molecule has 0 saturated carbocycles. The van der Waals surface area contributed by atoms with Crippen molar-refractivity contribution in [1.82, 2.24) is 0 Å². The largest absolute Gasteiger partial charge is 0.127 e. The highest BCUT2D eigenvalue weighted by Crippen LogP contribution is 2.23. The van der Waals surface area contributed by atoms with Crippen LogP contribution in [0.3, 0.4) is 0 Å². The molecule has 72 valence electrons. The summed E-state index contributed by atoms with van der Waals surface area (Å²) in [6.07, 6.45) is 1.08. The average molecular weight is 215 g/mol. The van der Waals surface area contributed by atoms with Gasteiger partial charge in [0.2, 0.25) is 0 Å². The molecule has 0 fully saturated rings. The lowest BCUT2D eigenvalue weighted by Crippen LogP contribution is -1.85. The summed E-state index contributed by atoms with van der Waals surface area (Å²) in [4.78, 5) is 1.38. The summed E-state index contributed by atoms with van der Waals surface area (Å²) in [5.74, 6) is 1.88. The number of hydrogen-bond donors (Lipinski definition) is 0. The van der Waals surface area contributed by atoms with Gasteiger partial charge in [-0.15, -0.1) is 23.4 Å². The van der Waals surface area contributed by atoms with Crippen LogP contribution in [0.25, 0.3) is 0 Å². The standard InChI is InChI=1S/C11H15ClS/c1-9-4-5-11(10(2)8-9)13-7-3-6-12/h4-5,8H,3,6-7H2,1-2H3. The number of aryl methyl sites for hydroxylation is 2. The van der Waals surface area contributed by atoms with E-state index in [4.69, 9.17) is 11.6 Å². The maximum absolute atomic E-state index is 5.62. The Hall–Kier alpha value is -0.140. The third-order valence-electron chi connectivity index (χ3n) is 1.87. The molecular formula is C11H15ClS. The summed E-state index contributed by atoms with van der Waals surface area (Å²) in [6.45, 7) is 4.29. The van der Waals surface area contributed by atoms with Crippen LogP contribution in [0.5, 0.6) is 0 Å². The fourth-order valence-electron chi connectivity index (χ4n) is 1.20. The van der Waals surface area contributed by atoms with E-state index in [1.165, 1.54) is 16.0 Å². The van der Waals surface area contributed by atoms with Gasteiger partial charge in [-0.2, -0.15) is 0 Å². The average Bonchev–Trinajstić information content (AvgIpc) is 2.09. The first-order chi connectivity index (χ1) is 6.24. The summed E-state index contributed by atoms with van der Waals surface area (Å²) < 4.78 is 0. The van der Waals surface area contributed by atoms with Crippen molar-refractivity contribution in [2.24, 2.45) is 0 Å².